The van der Waals surface area contributed by atoms with Crippen molar-refractivity contribution in [3.63, 3.8) is 0 Å². The molecule has 3 amide bonds. The minimum Gasteiger partial charge on any atom is -0.337 e. The van der Waals surface area contributed by atoms with Crippen LogP contribution in [0, 0.1) is 5.82 Å². The Kier molecular flexibility index (Phi) is 4.74. The minimum absolute atomic E-state index is 0.0288. The summed E-state index contributed by atoms with van der Waals surface area (Å²) >= 11 is 0. The molecule has 1 unspecified atom stereocenters. The fourth-order valence-corrected chi connectivity index (χ4v) is 2.71. The van der Waals surface area contributed by atoms with Crippen LogP contribution >= 0.6 is 0 Å². The molecule has 2 aromatic rings. The number of anilines is 1. The van der Waals surface area contributed by atoms with E-state index in [-0.39, 0.29) is 23.8 Å². The molecule has 0 radical (unpaired) electrons. The van der Waals surface area contributed by atoms with Crippen LogP contribution in [0.1, 0.15) is 16.8 Å². The van der Waals surface area contributed by atoms with Gasteiger partial charge in [-0.1, -0.05) is 18.2 Å². The van der Waals surface area contributed by atoms with E-state index < -0.39 is 0 Å². The van der Waals surface area contributed by atoms with Gasteiger partial charge in [-0.25, -0.2) is 9.18 Å². The minimum atomic E-state index is -0.361. The van der Waals surface area contributed by atoms with Crippen LogP contribution in [-0.2, 0) is 0 Å². The molecule has 1 fully saturated rings. The molecular formula is C18H18FN3O2. The Morgan fingerprint density at radius 2 is 1.75 bits per heavy atom. The molecule has 3 rings (SSSR count). The average molecular weight is 327 g/mol. The SMILES string of the molecule is O=C(Nc1ccc(F)cc1)NC1CCN(C(=O)c2ccccc2)C1. The van der Waals surface area contributed by atoms with Gasteiger partial charge in [-0.2, -0.15) is 0 Å². The van der Waals surface area contributed by atoms with Gasteiger partial charge in [0, 0.05) is 30.4 Å². The van der Waals surface area contributed by atoms with E-state index in [1.165, 1.54) is 24.3 Å². The van der Waals surface area contributed by atoms with E-state index in [1.54, 1.807) is 17.0 Å². The van der Waals surface area contributed by atoms with Crippen molar-refractivity contribution >= 4 is 17.6 Å². The molecule has 2 aromatic carbocycles. The lowest BCUT2D eigenvalue weighted by atomic mass is 10.2. The molecule has 0 bridgehead atoms. The van der Waals surface area contributed by atoms with Gasteiger partial charge in [0.1, 0.15) is 5.82 Å². The van der Waals surface area contributed by atoms with Gasteiger partial charge in [0.05, 0.1) is 0 Å². The summed E-state index contributed by atoms with van der Waals surface area (Å²) in [6, 6.07) is 14.2. The first kappa shape index (κ1) is 16.0. The first-order valence-corrected chi connectivity index (χ1v) is 7.79. The smallest absolute Gasteiger partial charge is 0.319 e. The van der Waals surface area contributed by atoms with Gasteiger partial charge in [-0.05, 0) is 42.8 Å². The van der Waals surface area contributed by atoms with Crippen LogP contribution in [0.5, 0.6) is 0 Å². The summed E-state index contributed by atoms with van der Waals surface area (Å²) in [5, 5.41) is 5.49. The number of nitrogens with zero attached hydrogens (tertiary/aromatic N) is 1. The van der Waals surface area contributed by atoms with Crippen molar-refractivity contribution in [1.82, 2.24) is 10.2 Å². The predicted octanol–water partition coefficient (Wildman–Crippen LogP) is 2.86. The van der Waals surface area contributed by atoms with Crippen LogP contribution in [0.2, 0.25) is 0 Å². The Labute approximate surface area is 139 Å². The van der Waals surface area contributed by atoms with Crippen LogP contribution in [-0.4, -0.2) is 36.0 Å². The van der Waals surface area contributed by atoms with E-state index in [1.807, 2.05) is 18.2 Å². The zero-order chi connectivity index (χ0) is 16.9. The quantitative estimate of drug-likeness (QED) is 0.910. The van der Waals surface area contributed by atoms with E-state index in [4.69, 9.17) is 0 Å². The molecule has 1 saturated heterocycles. The summed E-state index contributed by atoms with van der Waals surface area (Å²) in [5.74, 6) is -0.384. The molecule has 1 aliphatic rings. The highest BCUT2D eigenvalue weighted by molar-refractivity contribution is 5.94. The molecule has 0 spiro atoms. The molecule has 1 atom stereocenters. The maximum absolute atomic E-state index is 12.8. The molecule has 1 aliphatic heterocycles. The number of benzene rings is 2. The molecule has 5 nitrogen and oxygen atoms in total. The van der Waals surface area contributed by atoms with Gasteiger partial charge in [0.2, 0.25) is 0 Å². The number of halogens is 1. The van der Waals surface area contributed by atoms with Crippen molar-refractivity contribution in [3.05, 3.63) is 66.0 Å². The number of rotatable bonds is 3. The molecule has 24 heavy (non-hydrogen) atoms. The lowest BCUT2D eigenvalue weighted by Crippen LogP contribution is -2.40. The van der Waals surface area contributed by atoms with Crippen molar-refractivity contribution in [2.45, 2.75) is 12.5 Å². The van der Waals surface area contributed by atoms with Gasteiger partial charge in [-0.15, -0.1) is 0 Å². The highest BCUT2D eigenvalue weighted by Gasteiger charge is 2.27. The second kappa shape index (κ2) is 7.12. The summed E-state index contributed by atoms with van der Waals surface area (Å²) in [5.41, 5.74) is 1.16. The number of likely N-dealkylation sites (tertiary alicyclic amines) is 1. The summed E-state index contributed by atoms with van der Waals surface area (Å²) in [6.45, 7) is 1.08. The lowest BCUT2D eigenvalue weighted by Gasteiger charge is -2.17. The van der Waals surface area contributed by atoms with Crippen molar-refractivity contribution in [1.29, 1.82) is 0 Å². The number of amides is 3. The number of urea groups is 1. The van der Waals surface area contributed by atoms with Gasteiger partial charge in [0.25, 0.3) is 5.91 Å². The summed E-state index contributed by atoms with van der Waals surface area (Å²) in [4.78, 5) is 26.1. The van der Waals surface area contributed by atoms with E-state index in [9.17, 15) is 14.0 Å². The van der Waals surface area contributed by atoms with Gasteiger partial charge < -0.3 is 15.5 Å². The van der Waals surface area contributed by atoms with Crippen molar-refractivity contribution in [3.8, 4) is 0 Å². The summed E-state index contributed by atoms with van der Waals surface area (Å²) in [6.07, 6.45) is 0.704. The van der Waals surface area contributed by atoms with Crippen LogP contribution < -0.4 is 10.6 Å². The summed E-state index contributed by atoms with van der Waals surface area (Å²) in [7, 11) is 0. The zero-order valence-corrected chi connectivity index (χ0v) is 13.0. The molecule has 1 heterocycles. The van der Waals surface area contributed by atoms with Gasteiger partial charge >= 0.3 is 6.03 Å². The second-order valence-electron chi connectivity index (χ2n) is 5.71. The highest BCUT2D eigenvalue weighted by atomic mass is 19.1. The third-order valence-corrected chi connectivity index (χ3v) is 3.93. The summed E-state index contributed by atoms with van der Waals surface area (Å²) < 4.78 is 12.8. The van der Waals surface area contributed by atoms with Crippen molar-refractivity contribution in [2.24, 2.45) is 0 Å². The molecule has 0 saturated carbocycles. The molecule has 124 valence electrons. The topological polar surface area (TPSA) is 61.4 Å². The van der Waals surface area contributed by atoms with Crippen LogP contribution in [0.3, 0.4) is 0 Å². The molecule has 0 aliphatic carbocycles. The number of carbonyl (C=O) groups excluding carboxylic acids is 2. The number of hydrogen-bond acceptors (Lipinski definition) is 2. The standard InChI is InChI=1S/C18H18FN3O2/c19-14-6-8-15(9-7-14)20-18(24)21-16-10-11-22(12-16)17(23)13-4-2-1-3-5-13/h1-9,16H,10-12H2,(H2,20,21,24). The number of hydrogen-bond donors (Lipinski definition) is 2. The normalized spacial score (nSPS) is 16.7. The Balaban J connectivity index is 1.51. The largest absolute Gasteiger partial charge is 0.337 e. The highest BCUT2D eigenvalue weighted by Crippen LogP contribution is 2.14. The third kappa shape index (κ3) is 3.90. The Hall–Kier alpha value is -2.89. The van der Waals surface area contributed by atoms with Crippen LogP contribution in [0.4, 0.5) is 14.9 Å². The maximum Gasteiger partial charge on any atom is 0.319 e. The van der Waals surface area contributed by atoms with Crippen molar-refractivity contribution in [2.75, 3.05) is 18.4 Å². The Bertz CT molecular complexity index is 719. The first-order valence-electron chi connectivity index (χ1n) is 7.79. The fourth-order valence-electron chi connectivity index (χ4n) is 2.71. The van der Waals surface area contributed by atoms with E-state index >= 15 is 0 Å². The van der Waals surface area contributed by atoms with E-state index in [2.05, 4.69) is 10.6 Å². The Morgan fingerprint density at radius 1 is 1.04 bits per heavy atom. The monoisotopic (exact) mass is 327 g/mol. The molecular weight excluding hydrogens is 309 g/mol. The zero-order valence-electron chi connectivity index (χ0n) is 13.0. The number of nitrogens with one attached hydrogen (secondary N) is 2. The molecule has 6 heteroatoms. The maximum atomic E-state index is 12.8. The van der Waals surface area contributed by atoms with Gasteiger partial charge in [0.15, 0.2) is 0 Å². The fraction of sp³-hybridized carbons (Fsp3) is 0.222. The van der Waals surface area contributed by atoms with E-state index in [0.717, 1.165) is 0 Å². The lowest BCUT2D eigenvalue weighted by molar-refractivity contribution is 0.0789. The predicted molar refractivity (Wildman–Crippen MR) is 89.3 cm³/mol. The van der Waals surface area contributed by atoms with Gasteiger partial charge in [-0.3, -0.25) is 4.79 Å². The molecule has 2 N–H and O–H groups in total. The Morgan fingerprint density at radius 3 is 2.46 bits per heavy atom. The van der Waals surface area contributed by atoms with E-state index in [0.29, 0.717) is 30.8 Å². The van der Waals surface area contributed by atoms with Crippen LogP contribution in [0.15, 0.2) is 54.6 Å². The first-order chi connectivity index (χ1) is 11.6. The van der Waals surface area contributed by atoms with Crippen LogP contribution in [0.25, 0.3) is 0 Å². The second-order valence-corrected chi connectivity index (χ2v) is 5.71. The third-order valence-electron chi connectivity index (χ3n) is 3.93. The number of carbonyl (C=O) groups is 2. The van der Waals surface area contributed by atoms with Crippen molar-refractivity contribution < 1.29 is 14.0 Å². The molecule has 0 aromatic heterocycles. The average Bonchev–Trinajstić information content (AvgIpc) is 3.05.